The largest absolute Gasteiger partial charge is 0.416 e. The first-order valence-electron chi connectivity index (χ1n) is 10.3. The summed E-state index contributed by atoms with van der Waals surface area (Å²) in [4.78, 5) is 26.8. The van der Waals surface area contributed by atoms with Gasteiger partial charge in [0.15, 0.2) is 0 Å². The van der Waals surface area contributed by atoms with E-state index >= 15 is 0 Å². The lowest BCUT2D eigenvalue weighted by molar-refractivity contribution is -0.137. The Morgan fingerprint density at radius 2 is 1.68 bits per heavy atom. The van der Waals surface area contributed by atoms with Gasteiger partial charge in [-0.1, -0.05) is 37.1 Å². The molecule has 166 valence electrons. The van der Waals surface area contributed by atoms with Gasteiger partial charge in [-0.15, -0.1) is 0 Å². The molecule has 2 amide bonds. The van der Waals surface area contributed by atoms with Crippen LogP contribution in [-0.2, 0) is 17.5 Å². The summed E-state index contributed by atoms with van der Waals surface area (Å²) in [6.07, 6.45) is -0.227. The molecule has 3 rings (SSSR count). The molecule has 1 saturated carbocycles. The van der Waals surface area contributed by atoms with Crippen molar-refractivity contribution >= 4 is 17.5 Å². The maximum Gasteiger partial charge on any atom is 0.416 e. The molecule has 2 aromatic carbocycles. The standard InChI is InChI=1S/C23H26F3N3O2/c1-29(14-16-10-12-17(13-11-16)23(24,25)26)15-21(30)28-20-9-5-4-8-19(20)22(31)27-18-6-2-3-7-18/h4-5,8-13,18H,2-3,6-7,14-15H2,1H3,(H,27,31)(H,28,30). The van der Waals surface area contributed by atoms with E-state index in [9.17, 15) is 22.8 Å². The van der Waals surface area contributed by atoms with Crippen LogP contribution in [0.25, 0.3) is 0 Å². The molecule has 1 fully saturated rings. The highest BCUT2D eigenvalue weighted by Gasteiger charge is 2.30. The number of rotatable bonds is 7. The van der Waals surface area contributed by atoms with Gasteiger partial charge >= 0.3 is 6.18 Å². The van der Waals surface area contributed by atoms with E-state index in [-0.39, 0.29) is 24.4 Å². The van der Waals surface area contributed by atoms with Gasteiger partial charge in [-0.05, 0) is 49.7 Å². The van der Waals surface area contributed by atoms with Crippen molar-refractivity contribution in [1.29, 1.82) is 0 Å². The second-order valence-electron chi connectivity index (χ2n) is 7.92. The Bertz CT molecular complexity index is 907. The average molecular weight is 433 g/mol. The topological polar surface area (TPSA) is 61.4 Å². The highest BCUT2D eigenvalue weighted by molar-refractivity contribution is 6.04. The van der Waals surface area contributed by atoms with E-state index in [0.717, 1.165) is 37.8 Å². The Morgan fingerprint density at radius 1 is 1.03 bits per heavy atom. The summed E-state index contributed by atoms with van der Waals surface area (Å²) in [6, 6.07) is 11.9. The van der Waals surface area contributed by atoms with Gasteiger partial charge in [0.1, 0.15) is 0 Å². The van der Waals surface area contributed by atoms with E-state index < -0.39 is 11.7 Å². The van der Waals surface area contributed by atoms with Gasteiger partial charge in [0.2, 0.25) is 5.91 Å². The summed E-state index contributed by atoms with van der Waals surface area (Å²) in [5.74, 6) is -0.517. The van der Waals surface area contributed by atoms with Crippen LogP contribution in [0.5, 0.6) is 0 Å². The maximum absolute atomic E-state index is 12.7. The molecule has 1 aliphatic rings. The lowest BCUT2D eigenvalue weighted by Crippen LogP contribution is -2.34. The number of nitrogens with one attached hydrogen (secondary N) is 2. The normalized spacial score (nSPS) is 14.6. The van der Waals surface area contributed by atoms with E-state index in [2.05, 4.69) is 10.6 Å². The molecular formula is C23H26F3N3O2. The highest BCUT2D eigenvalue weighted by atomic mass is 19.4. The smallest absolute Gasteiger partial charge is 0.349 e. The van der Waals surface area contributed by atoms with E-state index in [1.165, 1.54) is 12.1 Å². The number of carbonyl (C=O) groups is 2. The van der Waals surface area contributed by atoms with Crippen molar-refractivity contribution < 1.29 is 22.8 Å². The zero-order chi connectivity index (χ0) is 22.4. The third-order valence-corrected chi connectivity index (χ3v) is 5.28. The van der Waals surface area contributed by atoms with Gasteiger partial charge in [-0.25, -0.2) is 0 Å². The number of hydrogen-bond donors (Lipinski definition) is 2. The number of anilines is 1. The summed E-state index contributed by atoms with van der Waals surface area (Å²) < 4.78 is 38.0. The van der Waals surface area contributed by atoms with Gasteiger partial charge in [0.05, 0.1) is 23.4 Å². The summed E-state index contributed by atoms with van der Waals surface area (Å²) in [7, 11) is 1.70. The van der Waals surface area contributed by atoms with Crippen molar-refractivity contribution in [3.05, 3.63) is 65.2 Å². The molecule has 0 saturated heterocycles. The van der Waals surface area contributed by atoms with E-state index in [0.29, 0.717) is 23.4 Å². The first kappa shape index (κ1) is 22.8. The summed E-state index contributed by atoms with van der Waals surface area (Å²) >= 11 is 0. The minimum Gasteiger partial charge on any atom is -0.349 e. The third kappa shape index (κ3) is 6.55. The Morgan fingerprint density at radius 3 is 2.32 bits per heavy atom. The molecule has 8 heteroatoms. The fraction of sp³-hybridized carbons (Fsp3) is 0.391. The number of nitrogens with zero attached hydrogens (tertiary/aromatic N) is 1. The number of alkyl halides is 3. The molecule has 0 aromatic heterocycles. The number of halogens is 3. The molecule has 0 bridgehead atoms. The monoisotopic (exact) mass is 433 g/mol. The lowest BCUT2D eigenvalue weighted by atomic mass is 10.1. The molecule has 0 radical (unpaired) electrons. The molecule has 0 aliphatic heterocycles. The minimum atomic E-state index is -4.37. The van der Waals surface area contributed by atoms with E-state index in [4.69, 9.17) is 0 Å². The molecule has 2 N–H and O–H groups in total. The van der Waals surface area contributed by atoms with Crippen LogP contribution in [0.3, 0.4) is 0 Å². The minimum absolute atomic E-state index is 0.0274. The van der Waals surface area contributed by atoms with Crippen LogP contribution in [0, 0.1) is 0 Å². The molecule has 2 aromatic rings. The third-order valence-electron chi connectivity index (χ3n) is 5.28. The Balaban J connectivity index is 1.56. The first-order chi connectivity index (χ1) is 14.7. The van der Waals surface area contributed by atoms with Crippen molar-refractivity contribution in [2.24, 2.45) is 0 Å². The van der Waals surface area contributed by atoms with Crippen molar-refractivity contribution in [3.63, 3.8) is 0 Å². The molecule has 0 heterocycles. The molecule has 1 aliphatic carbocycles. The fourth-order valence-electron chi connectivity index (χ4n) is 3.73. The van der Waals surface area contributed by atoms with Crippen LogP contribution in [-0.4, -0.2) is 36.3 Å². The van der Waals surface area contributed by atoms with Crippen LogP contribution in [0.2, 0.25) is 0 Å². The molecule has 31 heavy (non-hydrogen) atoms. The van der Waals surface area contributed by atoms with Gasteiger partial charge < -0.3 is 10.6 Å². The average Bonchev–Trinajstić information content (AvgIpc) is 3.21. The van der Waals surface area contributed by atoms with Crippen molar-refractivity contribution in [3.8, 4) is 0 Å². The van der Waals surface area contributed by atoms with Crippen LogP contribution in [0.15, 0.2) is 48.5 Å². The van der Waals surface area contributed by atoms with Crippen LogP contribution >= 0.6 is 0 Å². The zero-order valence-corrected chi connectivity index (χ0v) is 17.3. The van der Waals surface area contributed by atoms with Gasteiger partial charge in [0.25, 0.3) is 5.91 Å². The van der Waals surface area contributed by atoms with Crippen molar-refractivity contribution in [2.75, 3.05) is 18.9 Å². The fourth-order valence-corrected chi connectivity index (χ4v) is 3.73. The van der Waals surface area contributed by atoms with Gasteiger partial charge in [-0.2, -0.15) is 13.2 Å². The zero-order valence-electron chi connectivity index (χ0n) is 17.3. The van der Waals surface area contributed by atoms with Crippen LogP contribution in [0.4, 0.5) is 18.9 Å². The summed E-state index contributed by atoms with van der Waals surface area (Å²) in [5.41, 5.74) is 0.808. The van der Waals surface area contributed by atoms with E-state index in [1.807, 2.05) is 0 Å². The molecular weight excluding hydrogens is 407 g/mol. The number of hydrogen-bond acceptors (Lipinski definition) is 3. The van der Waals surface area contributed by atoms with E-state index in [1.54, 1.807) is 36.2 Å². The quantitative estimate of drug-likeness (QED) is 0.678. The molecule has 0 atom stereocenters. The molecule has 0 unspecified atom stereocenters. The lowest BCUT2D eigenvalue weighted by Gasteiger charge is -2.18. The number of amides is 2. The number of benzene rings is 2. The predicted molar refractivity (Wildman–Crippen MR) is 113 cm³/mol. The number of para-hydroxylation sites is 1. The molecule has 5 nitrogen and oxygen atoms in total. The van der Waals surface area contributed by atoms with Crippen LogP contribution in [0.1, 0.15) is 47.2 Å². The first-order valence-corrected chi connectivity index (χ1v) is 10.3. The van der Waals surface area contributed by atoms with Crippen molar-refractivity contribution in [2.45, 2.75) is 44.4 Å². The Labute approximate surface area is 179 Å². The number of likely N-dealkylation sites (N-methyl/N-ethyl adjacent to an activating group) is 1. The van der Waals surface area contributed by atoms with Gasteiger partial charge in [-0.3, -0.25) is 14.5 Å². The second kappa shape index (κ2) is 9.96. The summed E-state index contributed by atoms with van der Waals surface area (Å²) in [6.45, 7) is 0.342. The predicted octanol–water partition coefficient (Wildman–Crippen LogP) is 4.45. The van der Waals surface area contributed by atoms with Crippen LogP contribution < -0.4 is 10.6 Å². The molecule has 0 spiro atoms. The highest BCUT2D eigenvalue weighted by Crippen LogP contribution is 2.29. The maximum atomic E-state index is 12.7. The second-order valence-corrected chi connectivity index (χ2v) is 7.92. The van der Waals surface area contributed by atoms with Gasteiger partial charge in [0, 0.05) is 12.6 Å². The Kier molecular flexibility index (Phi) is 7.33. The Hall–Kier alpha value is -2.87. The SMILES string of the molecule is CN(CC(=O)Nc1ccccc1C(=O)NC1CCCC1)Cc1ccc(C(F)(F)F)cc1. The summed E-state index contributed by atoms with van der Waals surface area (Å²) in [5, 5.41) is 5.79. The van der Waals surface area contributed by atoms with Crippen molar-refractivity contribution in [1.82, 2.24) is 10.2 Å². The number of carbonyl (C=O) groups excluding carboxylic acids is 2.